The molecule has 0 amide bonds. The van der Waals surface area contributed by atoms with E-state index in [1.165, 1.54) is 11.8 Å². The van der Waals surface area contributed by atoms with Gasteiger partial charge in [0.1, 0.15) is 0 Å². The number of unbranched alkanes of at least 4 members (excludes halogenated alkanes) is 1. The van der Waals surface area contributed by atoms with Crippen LogP contribution in [0, 0.1) is 0 Å². The highest BCUT2D eigenvalue weighted by atomic mass is 16.5. The minimum absolute atomic E-state index is 0.196. The molecule has 0 aliphatic carbocycles. The van der Waals surface area contributed by atoms with E-state index < -0.39 is 0 Å². The lowest BCUT2D eigenvalue weighted by Gasteiger charge is -2.00. The van der Waals surface area contributed by atoms with Crippen LogP contribution >= 0.6 is 0 Å². The van der Waals surface area contributed by atoms with Crippen LogP contribution in [0.5, 0.6) is 0 Å². The van der Waals surface area contributed by atoms with Gasteiger partial charge in [-0.15, -0.1) is 0 Å². The molecule has 0 heterocycles. The fourth-order valence-electron chi connectivity index (χ4n) is 1.40. The van der Waals surface area contributed by atoms with Crippen molar-refractivity contribution in [1.82, 2.24) is 0 Å². The highest BCUT2D eigenvalue weighted by Crippen LogP contribution is 2.06. The Morgan fingerprint density at radius 3 is 2.67 bits per heavy atom. The Hall–Kier alpha value is -1.57. The number of hydrogen-bond acceptors (Lipinski definition) is 2. The number of esters is 1. The largest absolute Gasteiger partial charge is 0.435 e. The predicted octanol–water partition coefficient (Wildman–Crippen LogP) is 3.09. The van der Waals surface area contributed by atoms with Gasteiger partial charge < -0.3 is 4.74 Å². The average molecular weight is 204 g/mol. The van der Waals surface area contributed by atoms with Crippen molar-refractivity contribution >= 4 is 5.97 Å². The summed E-state index contributed by atoms with van der Waals surface area (Å²) in [6.45, 7) is 3.33. The number of hydrogen-bond donors (Lipinski definition) is 0. The molecule has 0 atom stereocenters. The number of carbonyl (C=O) groups is 1. The third-order valence-corrected chi connectivity index (χ3v) is 2.15. The van der Waals surface area contributed by atoms with Gasteiger partial charge in [-0.3, -0.25) is 4.79 Å². The molecule has 0 N–H and O–H groups in total. The van der Waals surface area contributed by atoms with Crippen molar-refractivity contribution < 1.29 is 9.53 Å². The number of carbonyl (C=O) groups excluding carboxylic acids is 1. The van der Waals surface area contributed by atoms with Crippen molar-refractivity contribution in [3.8, 4) is 0 Å². The van der Waals surface area contributed by atoms with E-state index in [1.54, 1.807) is 0 Å². The van der Waals surface area contributed by atoms with Gasteiger partial charge in [0.2, 0.25) is 0 Å². The zero-order valence-electron chi connectivity index (χ0n) is 8.82. The summed E-state index contributed by atoms with van der Waals surface area (Å²) < 4.78 is 4.62. The van der Waals surface area contributed by atoms with Crippen molar-refractivity contribution in [2.75, 3.05) is 0 Å². The summed E-state index contributed by atoms with van der Waals surface area (Å²) >= 11 is 0. The van der Waals surface area contributed by atoms with E-state index in [-0.39, 0.29) is 5.97 Å². The van der Waals surface area contributed by atoms with Gasteiger partial charge >= 0.3 is 5.97 Å². The monoisotopic (exact) mass is 204 g/mol. The Morgan fingerprint density at radius 2 is 2.00 bits per heavy atom. The van der Waals surface area contributed by atoms with Gasteiger partial charge in [0, 0.05) is 6.42 Å². The molecule has 0 saturated carbocycles. The summed E-state index contributed by atoms with van der Waals surface area (Å²) in [7, 11) is 0. The maximum atomic E-state index is 11.0. The molecule has 1 aromatic carbocycles. The minimum atomic E-state index is -0.196. The topological polar surface area (TPSA) is 26.3 Å². The van der Waals surface area contributed by atoms with Crippen LogP contribution in [0.2, 0.25) is 0 Å². The van der Waals surface area contributed by atoms with Gasteiger partial charge in [0.05, 0.1) is 6.26 Å². The summed E-state index contributed by atoms with van der Waals surface area (Å²) in [4.78, 5) is 11.0. The lowest BCUT2D eigenvalue weighted by molar-refractivity contribution is -0.138. The molecule has 1 rings (SSSR count). The Morgan fingerprint density at radius 1 is 1.27 bits per heavy atom. The molecule has 0 aromatic heterocycles. The third kappa shape index (κ3) is 5.01. The molecular weight excluding hydrogens is 188 g/mol. The van der Waals surface area contributed by atoms with Crippen molar-refractivity contribution in [3.05, 3.63) is 48.7 Å². The molecule has 0 aliphatic heterocycles. The van der Waals surface area contributed by atoms with Crippen LogP contribution in [0.15, 0.2) is 43.2 Å². The van der Waals surface area contributed by atoms with E-state index in [4.69, 9.17) is 0 Å². The van der Waals surface area contributed by atoms with E-state index >= 15 is 0 Å². The first kappa shape index (κ1) is 11.5. The maximum absolute atomic E-state index is 11.0. The van der Waals surface area contributed by atoms with Crippen molar-refractivity contribution in [3.63, 3.8) is 0 Å². The molecule has 0 unspecified atom stereocenters. The van der Waals surface area contributed by atoms with Gasteiger partial charge in [-0.1, -0.05) is 36.9 Å². The van der Waals surface area contributed by atoms with Gasteiger partial charge in [-0.2, -0.15) is 0 Å². The molecule has 0 aliphatic rings. The van der Waals surface area contributed by atoms with Crippen molar-refractivity contribution in [1.29, 1.82) is 0 Å². The van der Waals surface area contributed by atoms with Crippen LogP contribution in [0.3, 0.4) is 0 Å². The quantitative estimate of drug-likeness (QED) is 0.404. The lowest BCUT2D eigenvalue weighted by Crippen LogP contribution is -1.99. The smallest absolute Gasteiger partial charge is 0.310 e. The summed E-state index contributed by atoms with van der Waals surface area (Å²) in [5.41, 5.74) is 1.31. The molecule has 2 heteroatoms. The lowest BCUT2D eigenvalue weighted by atomic mass is 10.1. The van der Waals surface area contributed by atoms with Crippen molar-refractivity contribution in [2.45, 2.75) is 25.7 Å². The van der Waals surface area contributed by atoms with Crippen LogP contribution in [0.1, 0.15) is 24.8 Å². The molecule has 15 heavy (non-hydrogen) atoms. The summed E-state index contributed by atoms with van der Waals surface area (Å²) in [6.07, 6.45) is 4.54. The first-order chi connectivity index (χ1) is 7.33. The second kappa shape index (κ2) is 6.82. The summed E-state index contributed by atoms with van der Waals surface area (Å²) in [5, 5.41) is 0. The average Bonchev–Trinajstić information content (AvgIpc) is 2.26. The van der Waals surface area contributed by atoms with Gasteiger partial charge in [-0.05, 0) is 24.8 Å². The Balaban J connectivity index is 2.12. The second-order valence-corrected chi connectivity index (χ2v) is 3.35. The Bertz CT molecular complexity index is 304. The summed E-state index contributed by atoms with van der Waals surface area (Å²) in [6, 6.07) is 10.3. The third-order valence-electron chi connectivity index (χ3n) is 2.15. The number of rotatable bonds is 6. The van der Waals surface area contributed by atoms with Crippen LogP contribution in [-0.4, -0.2) is 5.97 Å². The second-order valence-electron chi connectivity index (χ2n) is 3.35. The van der Waals surface area contributed by atoms with Crippen LogP contribution in [0.4, 0.5) is 0 Å². The van der Waals surface area contributed by atoms with E-state index in [2.05, 4.69) is 23.4 Å². The maximum Gasteiger partial charge on any atom is 0.310 e. The zero-order valence-corrected chi connectivity index (χ0v) is 8.82. The SMILES string of the molecule is C=COC(=O)CCCCc1ccccc1. The highest BCUT2D eigenvalue weighted by Gasteiger charge is 2.00. The normalized spacial score (nSPS) is 9.60. The Kier molecular flexibility index (Phi) is 5.23. The van der Waals surface area contributed by atoms with Gasteiger partial charge in [0.15, 0.2) is 0 Å². The van der Waals surface area contributed by atoms with Gasteiger partial charge in [-0.25, -0.2) is 0 Å². The molecule has 0 radical (unpaired) electrons. The van der Waals surface area contributed by atoms with E-state index in [9.17, 15) is 4.79 Å². The molecule has 2 nitrogen and oxygen atoms in total. The van der Waals surface area contributed by atoms with Gasteiger partial charge in [0.25, 0.3) is 0 Å². The predicted molar refractivity (Wildman–Crippen MR) is 60.3 cm³/mol. The summed E-state index contributed by atoms with van der Waals surface area (Å²) in [5.74, 6) is -0.196. The molecule has 80 valence electrons. The number of benzene rings is 1. The van der Waals surface area contributed by atoms with E-state index in [0.717, 1.165) is 19.3 Å². The fourth-order valence-corrected chi connectivity index (χ4v) is 1.40. The molecule has 0 bridgehead atoms. The zero-order chi connectivity index (χ0) is 10.9. The van der Waals surface area contributed by atoms with E-state index in [0.29, 0.717) is 6.42 Å². The van der Waals surface area contributed by atoms with Crippen molar-refractivity contribution in [2.24, 2.45) is 0 Å². The molecule has 0 spiro atoms. The minimum Gasteiger partial charge on any atom is -0.435 e. The molecular formula is C13H16O2. The van der Waals surface area contributed by atoms with Crippen LogP contribution < -0.4 is 0 Å². The Labute approximate surface area is 90.6 Å². The molecule has 0 fully saturated rings. The van der Waals surface area contributed by atoms with E-state index in [1.807, 2.05) is 18.2 Å². The number of aryl methyl sites for hydroxylation is 1. The molecule has 0 saturated heterocycles. The molecule has 1 aromatic rings. The highest BCUT2D eigenvalue weighted by molar-refractivity contribution is 5.69. The standard InChI is InChI=1S/C13H16O2/c1-2-15-13(14)11-7-6-10-12-8-4-3-5-9-12/h2-5,8-9H,1,6-7,10-11H2. The first-order valence-electron chi connectivity index (χ1n) is 5.17. The first-order valence-corrected chi connectivity index (χ1v) is 5.17. The fraction of sp³-hybridized carbons (Fsp3) is 0.308. The van der Waals surface area contributed by atoms with Crippen LogP contribution in [-0.2, 0) is 16.0 Å². The van der Waals surface area contributed by atoms with Crippen LogP contribution in [0.25, 0.3) is 0 Å². The number of ether oxygens (including phenoxy) is 1.